The van der Waals surface area contributed by atoms with E-state index in [1.165, 1.54) is 6.07 Å². The molecule has 1 atom stereocenters. The molecule has 0 saturated carbocycles. The molecule has 0 aliphatic rings. The van der Waals surface area contributed by atoms with Crippen LogP contribution < -0.4 is 16.1 Å². The van der Waals surface area contributed by atoms with E-state index in [-0.39, 0.29) is 16.0 Å². The second-order valence-electron chi connectivity index (χ2n) is 3.73. The Balaban J connectivity index is 2.62. The predicted molar refractivity (Wildman–Crippen MR) is 75.5 cm³/mol. The van der Waals surface area contributed by atoms with Crippen LogP contribution in [0.5, 0.6) is 5.95 Å². The molecule has 0 aliphatic carbocycles. The van der Waals surface area contributed by atoms with Crippen LogP contribution in [0.2, 0.25) is 5.02 Å². The highest BCUT2D eigenvalue weighted by Gasteiger charge is 2.15. The van der Waals surface area contributed by atoms with Gasteiger partial charge in [-0.2, -0.15) is 0 Å². The highest BCUT2D eigenvalue weighted by molar-refractivity contribution is 9.09. The van der Waals surface area contributed by atoms with Gasteiger partial charge in [-0.25, -0.2) is 4.79 Å². The molecular formula is C12H11BrClNO3. The van der Waals surface area contributed by atoms with Crippen molar-refractivity contribution >= 4 is 44.0 Å². The number of hydrogen-bond acceptors (Lipinski definition) is 4. The molecule has 0 bridgehead atoms. The Kier molecular flexibility index (Phi) is 3.82. The quantitative estimate of drug-likeness (QED) is 0.689. The highest BCUT2D eigenvalue weighted by Crippen LogP contribution is 2.32. The van der Waals surface area contributed by atoms with Crippen molar-refractivity contribution in [1.82, 2.24) is 0 Å². The molecule has 6 heteroatoms. The minimum atomic E-state index is -0.521. The van der Waals surface area contributed by atoms with Gasteiger partial charge in [-0.05, 0) is 34.5 Å². The lowest BCUT2D eigenvalue weighted by Gasteiger charge is -2.11. The van der Waals surface area contributed by atoms with E-state index in [0.717, 1.165) is 0 Å². The van der Waals surface area contributed by atoms with Gasteiger partial charge in [0.25, 0.3) is 0 Å². The SMILES string of the molecule is CCC(Br)Oc1oc(=O)c2cc(N)ccc2c1Cl. The van der Waals surface area contributed by atoms with Gasteiger partial charge < -0.3 is 14.9 Å². The molecule has 0 spiro atoms. The van der Waals surface area contributed by atoms with Crippen molar-refractivity contribution in [3.63, 3.8) is 0 Å². The lowest BCUT2D eigenvalue weighted by molar-refractivity contribution is 0.214. The van der Waals surface area contributed by atoms with Crippen molar-refractivity contribution < 1.29 is 9.15 Å². The number of rotatable bonds is 3. The number of halogens is 2. The molecule has 2 N–H and O–H groups in total. The standard InChI is InChI=1S/C12H11BrClNO3/c1-2-9(13)17-12-10(14)7-4-3-6(15)5-8(7)11(16)18-12/h3-5,9H,2,15H2,1H3. The van der Waals surface area contributed by atoms with Crippen molar-refractivity contribution in [3.05, 3.63) is 33.6 Å². The summed E-state index contributed by atoms with van der Waals surface area (Å²) >= 11 is 9.43. The van der Waals surface area contributed by atoms with Crippen molar-refractivity contribution in [3.8, 4) is 5.95 Å². The first-order chi connectivity index (χ1) is 8.52. The smallest absolute Gasteiger partial charge is 0.346 e. The second-order valence-corrected chi connectivity index (χ2v) is 5.13. The number of benzene rings is 1. The zero-order valence-corrected chi connectivity index (χ0v) is 11.9. The molecule has 2 aromatic rings. The molecule has 1 aromatic heterocycles. The zero-order valence-electron chi connectivity index (χ0n) is 9.57. The van der Waals surface area contributed by atoms with E-state index in [0.29, 0.717) is 22.9 Å². The van der Waals surface area contributed by atoms with E-state index in [9.17, 15) is 4.79 Å². The summed E-state index contributed by atoms with van der Waals surface area (Å²) in [5, 5.41) is 0.912. The third kappa shape index (κ3) is 2.47. The summed E-state index contributed by atoms with van der Waals surface area (Å²) in [6.45, 7) is 1.92. The molecule has 0 aliphatic heterocycles. The summed E-state index contributed by atoms with van der Waals surface area (Å²) in [5.74, 6) is 0.0164. The van der Waals surface area contributed by atoms with Crippen LogP contribution in [0.3, 0.4) is 0 Å². The summed E-state index contributed by atoms with van der Waals surface area (Å²) < 4.78 is 10.5. The molecule has 0 fully saturated rings. The summed E-state index contributed by atoms with van der Waals surface area (Å²) in [7, 11) is 0. The van der Waals surface area contributed by atoms with Crippen molar-refractivity contribution in [2.24, 2.45) is 0 Å². The number of nitrogen functional groups attached to an aromatic ring is 1. The van der Waals surface area contributed by atoms with Gasteiger partial charge in [0, 0.05) is 11.1 Å². The maximum atomic E-state index is 11.8. The van der Waals surface area contributed by atoms with Gasteiger partial charge in [0.05, 0.1) is 5.39 Å². The summed E-state index contributed by atoms with van der Waals surface area (Å²) in [6.07, 6.45) is 0.708. The maximum Gasteiger partial charge on any atom is 0.346 e. The summed E-state index contributed by atoms with van der Waals surface area (Å²) in [4.78, 5) is 11.8. The van der Waals surface area contributed by atoms with Crippen LogP contribution in [0.15, 0.2) is 27.4 Å². The van der Waals surface area contributed by atoms with Crippen LogP contribution in [-0.2, 0) is 0 Å². The first-order valence-corrected chi connectivity index (χ1v) is 6.65. The van der Waals surface area contributed by atoms with Crippen LogP contribution in [0.4, 0.5) is 5.69 Å². The number of fused-ring (bicyclic) bond motifs is 1. The highest BCUT2D eigenvalue weighted by atomic mass is 79.9. The van der Waals surface area contributed by atoms with Crippen molar-refractivity contribution in [2.45, 2.75) is 18.4 Å². The van der Waals surface area contributed by atoms with Gasteiger partial charge >= 0.3 is 11.6 Å². The molecule has 1 heterocycles. The number of nitrogens with two attached hydrogens (primary N) is 1. The van der Waals surface area contributed by atoms with Crippen LogP contribution in [-0.4, -0.2) is 5.01 Å². The minimum absolute atomic E-state index is 0.0164. The lowest BCUT2D eigenvalue weighted by Crippen LogP contribution is -2.10. The fourth-order valence-corrected chi connectivity index (χ4v) is 1.91. The summed E-state index contributed by atoms with van der Waals surface area (Å²) in [5.41, 5.74) is 5.58. The zero-order chi connectivity index (χ0) is 13.3. The van der Waals surface area contributed by atoms with E-state index in [1.807, 2.05) is 6.92 Å². The van der Waals surface area contributed by atoms with E-state index in [2.05, 4.69) is 15.9 Å². The third-order valence-corrected chi connectivity index (χ3v) is 3.61. The van der Waals surface area contributed by atoms with Crippen LogP contribution in [0, 0.1) is 0 Å². The van der Waals surface area contributed by atoms with Gasteiger partial charge in [0.15, 0.2) is 5.01 Å². The van der Waals surface area contributed by atoms with Crippen LogP contribution in [0.25, 0.3) is 10.8 Å². The van der Waals surface area contributed by atoms with Gasteiger partial charge in [-0.15, -0.1) is 0 Å². The van der Waals surface area contributed by atoms with Crippen molar-refractivity contribution in [1.29, 1.82) is 0 Å². The molecule has 0 amide bonds. The van der Waals surface area contributed by atoms with Crippen LogP contribution >= 0.6 is 27.5 Å². The Hall–Kier alpha value is -1.20. The molecule has 0 saturated heterocycles. The monoisotopic (exact) mass is 331 g/mol. The Morgan fingerprint density at radius 2 is 2.22 bits per heavy atom. The van der Waals surface area contributed by atoms with Gasteiger partial charge in [-0.1, -0.05) is 24.6 Å². The van der Waals surface area contributed by atoms with Gasteiger partial charge in [-0.3, -0.25) is 0 Å². The molecule has 4 nitrogen and oxygen atoms in total. The molecule has 0 radical (unpaired) electrons. The minimum Gasteiger partial charge on any atom is -0.449 e. The molecule has 1 unspecified atom stereocenters. The second kappa shape index (κ2) is 5.20. The van der Waals surface area contributed by atoms with Crippen LogP contribution in [0.1, 0.15) is 13.3 Å². The molecule has 18 heavy (non-hydrogen) atoms. The Morgan fingerprint density at radius 1 is 1.50 bits per heavy atom. The number of anilines is 1. The predicted octanol–water partition coefficient (Wildman–Crippen LogP) is 3.54. The summed E-state index contributed by atoms with van der Waals surface area (Å²) in [6, 6.07) is 4.87. The average Bonchev–Trinajstić information content (AvgIpc) is 2.35. The molecule has 96 valence electrons. The fraction of sp³-hybridized carbons (Fsp3) is 0.250. The topological polar surface area (TPSA) is 65.5 Å². The van der Waals surface area contributed by atoms with Gasteiger partial charge in [0.1, 0.15) is 5.02 Å². The normalized spacial score (nSPS) is 12.6. The fourth-order valence-electron chi connectivity index (χ4n) is 1.49. The molecule has 2 rings (SSSR count). The lowest BCUT2D eigenvalue weighted by atomic mass is 10.1. The number of alkyl halides is 1. The van der Waals surface area contributed by atoms with E-state index in [1.54, 1.807) is 12.1 Å². The largest absolute Gasteiger partial charge is 0.449 e. The first-order valence-electron chi connectivity index (χ1n) is 5.35. The number of hydrogen-bond donors (Lipinski definition) is 1. The van der Waals surface area contributed by atoms with E-state index < -0.39 is 5.63 Å². The Labute approximate surface area is 117 Å². The maximum absolute atomic E-state index is 11.8. The molecular weight excluding hydrogens is 321 g/mol. The van der Waals surface area contributed by atoms with E-state index in [4.69, 9.17) is 26.5 Å². The third-order valence-electron chi connectivity index (χ3n) is 2.42. The Bertz CT molecular complexity index is 641. The average molecular weight is 333 g/mol. The van der Waals surface area contributed by atoms with Gasteiger partial charge in [0.2, 0.25) is 0 Å². The Morgan fingerprint density at radius 3 is 2.89 bits per heavy atom. The van der Waals surface area contributed by atoms with E-state index >= 15 is 0 Å². The van der Waals surface area contributed by atoms with Crippen molar-refractivity contribution in [2.75, 3.05) is 5.73 Å². The molecule has 1 aromatic carbocycles. The number of ether oxygens (including phenoxy) is 1. The first kappa shape index (κ1) is 13.2.